The molecule has 2 aliphatic carbocycles. The van der Waals surface area contributed by atoms with Crippen LogP contribution < -0.4 is 10.6 Å². The van der Waals surface area contributed by atoms with E-state index in [4.69, 9.17) is 9.47 Å². The molecule has 0 saturated heterocycles. The molecule has 146 valence electrons. The van der Waals surface area contributed by atoms with E-state index in [9.17, 15) is 14.7 Å². The van der Waals surface area contributed by atoms with Crippen molar-refractivity contribution >= 4 is 11.9 Å². The largest absolute Gasteiger partial charge is 0.501 e. The van der Waals surface area contributed by atoms with Gasteiger partial charge in [-0.15, -0.1) is 0 Å². The fraction of sp³-hybridized carbons (Fsp3) is 0.500. The Morgan fingerprint density at radius 2 is 2.11 bits per heavy atom. The Labute approximate surface area is 158 Å². The highest BCUT2D eigenvalue weighted by Crippen LogP contribution is 2.63. The van der Waals surface area contributed by atoms with Crippen molar-refractivity contribution in [3.8, 4) is 0 Å². The fourth-order valence-corrected chi connectivity index (χ4v) is 3.84. The molecule has 1 aromatic carbocycles. The van der Waals surface area contributed by atoms with E-state index in [2.05, 4.69) is 10.6 Å². The van der Waals surface area contributed by atoms with Gasteiger partial charge in [0.2, 0.25) is 0 Å². The van der Waals surface area contributed by atoms with Gasteiger partial charge in [-0.1, -0.05) is 30.3 Å². The van der Waals surface area contributed by atoms with E-state index in [-0.39, 0.29) is 17.4 Å². The van der Waals surface area contributed by atoms with Crippen molar-refractivity contribution in [2.45, 2.75) is 38.5 Å². The van der Waals surface area contributed by atoms with Crippen LogP contribution in [0.2, 0.25) is 0 Å². The van der Waals surface area contributed by atoms with Crippen LogP contribution in [0.4, 0.5) is 4.79 Å². The molecule has 7 nitrogen and oxygen atoms in total. The normalized spacial score (nSPS) is 28.6. The van der Waals surface area contributed by atoms with Gasteiger partial charge in [0.1, 0.15) is 0 Å². The van der Waals surface area contributed by atoms with Gasteiger partial charge in [-0.3, -0.25) is 10.1 Å². The van der Waals surface area contributed by atoms with E-state index in [0.717, 1.165) is 18.1 Å². The molecule has 0 radical (unpaired) electrons. The van der Waals surface area contributed by atoms with Gasteiger partial charge in [-0.25, -0.2) is 4.79 Å². The van der Waals surface area contributed by atoms with Crippen LogP contribution in [-0.4, -0.2) is 42.4 Å². The average molecular weight is 374 g/mol. The number of carbonyl (C=O) groups is 2. The number of ether oxygens (including phenoxy) is 2. The summed E-state index contributed by atoms with van der Waals surface area (Å²) >= 11 is 0. The Kier molecular flexibility index (Phi) is 6.13. The highest BCUT2D eigenvalue weighted by Gasteiger charge is 2.67. The summed E-state index contributed by atoms with van der Waals surface area (Å²) < 4.78 is 10.7. The number of amides is 3. The first-order chi connectivity index (χ1) is 13.0. The topological polar surface area (TPSA) is 96.9 Å². The zero-order valence-electron chi connectivity index (χ0n) is 15.4. The molecule has 7 heteroatoms. The highest BCUT2D eigenvalue weighted by molar-refractivity contribution is 6.00. The summed E-state index contributed by atoms with van der Waals surface area (Å²) in [6, 6.07) is 9.15. The zero-order valence-corrected chi connectivity index (χ0v) is 15.4. The third-order valence-electron chi connectivity index (χ3n) is 5.32. The number of fused-ring (bicyclic) bond motifs is 1. The van der Waals surface area contributed by atoms with E-state index in [1.807, 2.05) is 30.3 Å². The third-order valence-corrected chi connectivity index (χ3v) is 5.32. The second-order valence-corrected chi connectivity index (χ2v) is 7.10. The monoisotopic (exact) mass is 374 g/mol. The minimum atomic E-state index is -0.564. The summed E-state index contributed by atoms with van der Waals surface area (Å²) in [6.07, 6.45) is 3.17. The van der Waals surface area contributed by atoms with Crippen molar-refractivity contribution in [3.63, 3.8) is 0 Å². The molecule has 27 heavy (non-hydrogen) atoms. The maximum atomic E-state index is 12.0. The first kappa shape index (κ1) is 19.4. The van der Waals surface area contributed by atoms with Crippen molar-refractivity contribution in [2.75, 3.05) is 13.2 Å². The van der Waals surface area contributed by atoms with E-state index in [0.29, 0.717) is 26.2 Å². The van der Waals surface area contributed by atoms with E-state index in [1.165, 1.54) is 6.26 Å². The van der Waals surface area contributed by atoms with Crippen LogP contribution in [-0.2, 0) is 20.9 Å². The van der Waals surface area contributed by atoms with Crippen LogP contribution in [0, 0.1) is 11.3 Å². The highest BCUT2D eigenvalue weighted by atomic mass is 16.5. The van der Waals surface area contributed by atoms with Crippen LogP contribution in [0.3, 0.4) is 0 Å². The number of aliphatic hydroxyl groups excluding tert-OH is 1. The van der Waals surface area contributed by atoms with E-state index >= 15 is 0 Å². The van der Waals surface area contributed by atoms with Crippen molar-refractivity contribution < 1.29 is 24.2 Å². The number of urea groups is 1. The summed E-state index contributed by atoms with van der Waals surface area (Å²) in [7, 11) is 0. The first-order valence-electron chi connectivity index (χ1n) is 9.24. The molecule has 4 atom stereocenters. The Bertz CT molecular complexity index is 693. The van der Waals surface area contributed by atoms with E-state index in [1.54, 1.807) is 6.92 Å². The van der Waals surface area contributed by atoms with Crippen LogP contribution in [0.15, 0.2) is 42.7 Å². The lowest BCUT2D eigenvalue weighted by Gasteiger charge is -2.18. The van der Waals surface area contributed by atoms with Crippen molar-refractivity contribution in [1.82, 2.24) is 10.6 Å². The van der Waals surface area contributed by atoms with Gasteiger partial charge in [0.15, 0.2) is 0 Å². The Morgan fingerprint density at radius 1 is 1.33 bits per heavy atom. The number of nitrogens with one attached hydrogen (secondary N) is 2. The molecule has 0 unspecified atom stereocenters. The van der Waals surface area contributed by atoms with Crippen LogP contribution in [0.5, 0.6) is 0 Å². The summed E-state index contributed by atoms with van der Waals surface area (Å²) in [4.78, 5) is 23.6. The van der Waals surface area contributed by atoms with Crippen molar-refractivity contribution in [3.05, 3.63) is 48.2 Å². The second-order valence-electron chi connectivity index (χ2n) is 7.10. The maximum absolute atomic E-state index is 12.0. The molecule has 3 rings (SSSR count). The molecular weight excluding hydrogens is 348 g/mol. The summed E-state index contributed by atoms with van der Waals surface area (Å²) in [5, 5.41) is 15.5. The summed E-state index contributed by atoms with van der Waals surface area (Å²) in [5.41, 5.74) is 0.803. The van der Waals surface area contributed by atoms with Crippen molar-refractivity contribution in [2.24, 2.45) is 11.3 Å². The fourth-order valence-electron chi connectivity index (χ4n) is 3.84. The van der Waals surface area contributed by atoms with Gasteiger partial charge in [-0.05, 0) is 31.2 Å². The number of carbonyl (C=O) groups excluding carboxylic acids is 2. The SMILES string of the molecule is CCOC=CC(=O)NC(=O)N[C@H]1C[C@H](O)[C@@]2(COCc3ccccc3)C[C@H]12. The zero-order chi connectivity index (χ0) is 19.3. The lowest BCUT2D eigenvalue weighted by atomic mass is 10.0. The number of aliphatic hydroxyl groups is 1. The Balaban J connectivity index is 1.44. The van der Waals surface area contributed by atoms with E-state index < -0.39 is 18.0 Å². The number of benzene rings is 1. The molecule has 2 saturated carbocycles. The molecule has 0 aliphatic heterocycles. The first-order valence-corrected chi connectivity index (χ1v) is 9.24. The molecule has 3 amide bonds. The standard InChI is InChI=1S/C20H26N2O5/c1-2-26-9-8-18(24)22-19(25)21-16-10-17(23)20(11-15(16)20)13-27-12-14-6-4-3-5-7-14/h3-9,15-17,23H,2,10-13H2,1H3,(H2,21,22,24,25)/t15-,16+,17+,20-/m1/s1. The lowest BCUT2D eigenvalue weighted by molar-refractivity contribution is -0.115. The molecule has 0 spiro atoms. The number of rotatable bonds is 8. The molecule has 0 bridgehead atoms. The van der Waals surface area contributed by atoms with Gasteiger partial charge in [0, 0.05) is 17.5 Å². The quantitative estimate of drug-likeness (QED) is 0.476. The lowest BCUT2D eigenvalue weighted by Crippen LogP contribution is -2.44. The minimum Gasteiger partial charge on any atom is -0.501 e. The molecular formula is C20H26N2O5. The second kappa shape index (κ2) is 8.54. The Morgan fingerprint density at radius 3 is 2.81 bits per heavy atom. The van der Waals surface area contributed by atoms with Crippen LogP contribution in [0.1, 0.15) is 25.3 Å². The molecule has 3 N–H and O–H groups in total. The van der Waals surface area contributed by atoms with Crippen molar-refractivity contribution in [1.29, 1.82) is 0 Å². The van der Waals surface area contributed by atoms with Gasteiger partial charge in [0.05, 0.1) is 32.2 Å². The molecule has 0 heterocycles. The van der Waals surface area contributed by atoms with Crippen LogP contribution >= 0.6 is 0 Å². The molecule has 2 fully saturated rings. The van der Waals surface area contributed by atoms with Gasteiger partial charge < -0.3 is 19.9 Å². The third kappa shape index (κ3) is 4.67. The molecule has 1 aromatic rings. The van der Waals surface area contributed by atoms with Gasteiger partial charge >= 0.3 is 6.03 Å². The predicted molar refractivity (Wildman–Crippen MR) is 98.5 cm³/mol. The minimum absolute atomic E-state index is 0.163. The van der Waals surface area contributed by atoms with Crippen LogP contribution in [0.25, 0.3) is 0 Å². The number of hydrogen-bond donors (Lipinski definition) is 3. The molecule has 2 aliphatic rings. The number of imide groups is 1. The maximum Gasteiger partial charge on any atom is 0.321 e. The number of hydrogen-bond acceptors (Lipinski definition) is 5. The predicted octanol–water partition coefficient (Wildman–Crippen LogP) is 1.72. The van der Waals surface area contributed by atoms with Gasteiger partial charge in [0.25, 0.3) is 5.91 Å². The smallest absolute Gasteiger partial charge is 0.321 e. The summed E-state index contributed by atoms with van der Waals surface area (Å²) in [5.74, 6) is -0.379. The Hall–Kier alpha value is -2.38. The average Bonchev–Trinajstić information content (AvgIpc) is 3.32. The molecule has 0 aromatic heterocycles. The van der Waals surface area contributed by atoms with Gasteiger partial charge in [-0.2, -0.15) is 0 Å². The summed E-state index contributed by atoms with van der Waals surface area (Å²) in [6.45, 7) is 3.21.